The van der Waals surface area contributed by atoms with Gasteiger partial charge in [0.15, 0.2) is 5.96 Å². The fourth-order valence-corrected chi connectivity index (χ4v) is 5.04. The summed E-state index contributed by atoms with van der Waals surface area (Å²) in [5, 5.41) is 6.84. The van der Waals surface area contributed by atoms with Crippen LogP contribution in [0.2, 0.25) is 0 Å². The predicted octanol–water partition coefficient (Wildman–Crippen LogP) is 4.27. The number of hydrogen-bond acceptors (Lipinski definition) is 3. The maximum Gasteiger partial charge on any atom is 0.253 e. The van der Waals surface area contributed by atoms with Crippen molar-refractivity contribution in [3.8, 4) is 0 Å². The van der Waals surface area contributed by atoms with Crippen LogP contribution >= 0.6 is 35.7 Å². The highest BCUT2D eigenvalue weighted by atomic mass is 127. The second kappa shape index (κ2) is 12.0. The molecule has 2 aliphatic heterocycles. The molecule has 0 aliphatic carbocycles. The number of guanidine groups is 1. The Morgan fingerprint density at radius 3 is 2.48 bits per heavy atom. The van der Waals surface area contributed by atoms with Crippen molar-refractivity contribution in [3.63, 3.8) is 0 Å². The molecule has 0 saturated carbocycles. The van der Waals surface area contributed by atoms with Gasteiger partial charge in [0.1, 0.15) is 0 Å². The number of benzene rings is 1. The monoisotopic (exact) mass is 530 g/mol. The fourth-order valence-electron chi connectivity index (χ4n) is 3.79. The summed E-state index contributed by atoms with van der Waals surface area (Å²) in [6, 6.07) is 7.94. The van der Waals surface area contributed by atoms with Crippen LogP contribution in [0.1, 0.15) is 61.9 Å². The van der Waals surface area contributed by atoms with Crippen LogP contribution in [0.4, 0.5) is 0 Å². The van der Waals surface area contributed by atoms with Crippen molar-refractivity contribution in [2.75, 3.05) is 31.9 Å². The van der Waals surface area contributed by atoms with Gasteiger partial charge in [-0.15, -0.1) is 24.0 Å². The number of halogens is 1. The van der Waals surface area contributed by atoms with E-state index in [1.54, 1.807) is 0 Å². The minimum absolute atomic E-state index is 0. The lowest BCUT2D eigenvalue weighted by molar-refractivity contribution is 0.0724. The molecule has 2 aliphatic rings. The molecule has 0 radical (unpaired) electrons. The van der Waals surface area contributed by atoms with Crippen LogP contribution in [0.25, 0.3) is 0 Å². The van der Waals surface area contributed by atoms with E-state index in [0.29, 0.717) is 11.3 Å². The molecule has 162 valence electrons. The highest BCUT2D eigenvalue weighted by molar-refractivity contribution is 14.0. The zero-order chi connectivity index (χ0) is 19.8. The fraction of sp³-hybridized carbons (Fsp3) is 0.636. The van der Waals surface area contributed by atoms with Crippen molar-refractivity contribution in [3.05, 3.63) is 35.4 Å². The number of nitrogens with zero attached hydrogens (tertiary/aromatic N) is 2. The summed E-state index contributed by atoms with van der Waals surface area (Å²) in [5.41, 5.74) is 1.90. The molecular weight excluding hydrogens is 495 g/mol. The zero-order valence-electron chi connectivity index (χ0n) is 17.7. The second-order valence-corrected chi connectivity index (χ2v) is 9.68. The van der Waals surface area contributed by atoms with Gasteiger partial charge >= 0.3 is 0 Å². The SMILES string of the molecule is CCNC(=NCc1ccc(C(=O)N2CCCCC2)cc1)NCC1(C)CCCS1.I. The van der Waals surface area contributed by atoms with Gasteiger partial charge in [-0.2, -0.15) is 11.8 Å². The molecule has 2 fully saturated rings. The second-order valence-electron chi connectivity index (χ2n) is 8.00. The van der Waals surface area contributed by atoms with Gasteiger partial charge in [0.25, 0.3) is 5.91 Å². The molecule has 3 rings (SSSR count). The molecule has 2 N–H and O–H groups in total. The summed E-state index contributed by atoms with van der Waals surface area (Å²) in [4.78, 5) is 19.3. The molecule has 0 spiro atoms. The Morgan fingerprint density at radius 1 is 1.14 bits per heavy atom. The van der Waals surface area contributed by atoms with E-state index in [1.807, 2.05) is 29.2 Å². The quantitative estimate of drug-likeness (QED) is 0.328. The lowest BCUT2D eigenvalue weighted by atomic mass is 10.1. The lowest BCUT2D eigenvalue weighted by Gasteiger charge is -2.26. The molecule has 2 saturated heterocycles. The molecule has 0 aromatic heterocycles. The molecule has 5 nitrogen and oxygen atoms in total. The van der Waals surface area contributed by atoms with Gasteiger partial charge in [-0.1, -0.05) is 12.1 Å². The van der Waals surface area contributed by atoms with E-state index >= 15 is 0 Å². The van der Waals surface area contributed by atoms with Crippen molar-refractivity contribution in [2.45, 2.75) is 57.2 Å². The first-order valence-corrected chi connectivity index (χ1v) is 11.6. The number of rotatable bonds is 6. The predicted molar refractivity (Wildman–Crippen MR) is 135 cm³/mol. The number of thioether (sulfide) groups is 1. The van der Waals surface area contributed by atoms with Gasteiger partial charge in [0, 0.05) is 36.5 Å². The van der Waals surface area contributed by atoms with Crippen LogP contribution < -0.4 is 10.6 Å². The molecule has 7 heteroatoms. The van der Waals surface area contributed by atoms with Gasteiger partial charge in [0.2, 0.25) is 0 Å². The summed E-state index contributed by atoms with van der Waals surface area (Å²) >= 11 is 2.05. The number of hydrogen-bond donors (Lipinski definition) is 2. The first-order chi connectivity index (χ1) is 13.6. The molecule has 1 unspecified atom stereocenters. The Balaban J connectivity index is 0.00000300. The normalized spacial score (nSPS) is 22.1. The van der Waals surface area contributed by atoms with E-state index < -0.39 is 0 Å². The third-order valence-corrected chi connectivity index (χ3v) is 7.08. The first-order valence-electron chi connectivity index (χ1n) is 10.6. The molecular formula is C22H35IN4OS. The number of aliphatic imine (C=N–C) groups is 1. The number of likely N-dealkylation sites (tertiary alicyclic amines) is 1. The first kappa shape index (κ1) is 24.3. The van der Waals surface area contributed by atoms with Crippen molar-refractivity contribution < 1.29 is 4.79 Å². The molecule has 1 aromatic carbocycles. The van der Waals surface area contributed by atoms with E-state index in [-0.39, 0.29) is 29.9 Å². The van der Waals surface area contributed by atoms with E-state index in [1.165, 1.54) is 25.0 Å². The zero-order valence-corrected chi connectivity index (χ0v) is 20.9. The number of piperidine rings is 1. The standard InChI is InChI=1S/C22H34N4OS.HI/c1-3-23-21(25-17-22(2)12-7-15-28-22)24-16-18-8-10-19(11-9-18)20(27)26-13-5-4-6-14-26;/h8-11H,3-7,12-17H2,1-2H3,(H2,23,24,25);1H. The summed E-state index contributed by atoms with van der Waals surface area (Å²) in [6.07, 6.45) is 6.04. The van der Waals surface area contributed by atoms with Gasteiger partial charge in [0.05, 0.1) is 6.54 Å². The van der Waals surface area contributed by atoms with Gasteiger partial charge in [-0.05, 0) is 69.4 Å². The van der Waals surface area contributed by atoms with Crippen molar-refractivity contribution in [1.82, 2.24) is 15.5 Å². The lowest BCUT2D eigenvalue weighted by Crippen LogP contribution is -2.43. The van der Waals surface area contributed by atoms with Crippen LogP contribution in [-0.2, 0) is 6.54 Å². The largest absolute Gasteiger partial charge is 0.357 e. The van der Waals surface area contributed by atoms with Crippen molar-refractivity contribution in [1.29, 1.82) is 0 Å². The minimum Gasteiger partial charge on any atom is -0.357 e. The van der Waals surface area contributed by atoms with Gasteiger partial charge in [-0.25, -0.2) is 4.99 Å². The molecule has 1 aromatic rings. The number of amides is 1. The Bertz CT molecular complexity index is 668. The maximum atomic E-state index is 12.6. The van der Waals surface area contributed by atoms with E-state index in [4.69, 9.17) is 4.99 Å². The average Bonchev–Trinajstić information content (AvgIpc) is 3.17. The highest BCUT2D eigenvalue weighted by Gasteiger charge is 2.29. The van der Waals surface area contributed by atoms with Crippen LogP contribution in [0.3, 0.4) is 0 Å². The topological polar surface area (TPSA) is 56.7 Å². The van der Waals surface area contributed by atoms with Crippen molar-refractivity contribution in [2.24, 2.45) is 4.99 Å². The third-order valence-electron chi connectivity index (χ3n) is 5.54. The molecule has 2 heterocycles. The molecule has 1 amide bonds. The third kappa shape index (κ3) is 7.35. The number of carbonyl (C=O) groups is 1. The summed E-state index contributed by atoms with van der Waals surface area (Å²) in [5.74, 6) is 2.28. The Morgan fingerprint density at radius 2 is 1.86 bits per heavy atom. The molecule has 0 bridgehead atoms. The van der Waals surface area contributed by atoms with Crippen LogP contribution in [-0.4, -0.2) is 53.4 Å². The number of carbonyl (C=O) groups excluding carboxylic acids is 1. The van der Waals surface area contributed by atoms with Crippen molar-refractivity contribution >= 4 is 47.6 Å². The average molecular weight is 531 g/mol. The van der Waals surface area contributed by atoms with Gasteiger partial charge in [-0.3, -0.25) is 4.79 Å². The smallest absolute Gasteiger partial charge is 0.253 e. The Labute approximate surface area is 196 Å². The summed E-state index contributed by atoms with van der Waals surface area (Å²) in [7, 11) is 0. The molecule has 29 heavy (non-hydrogen) atoms. The highest BCUT2D eigenvalue weighted by Crippen LogP contribution is 2.36. The van der Waals surface area contributed by atoms with Crippen LogP contribution in [0.5, 0.6) is 0 Å². The van der Waals surface area contributed by atoms with E-state index in [2.05, 4.69) is 36.2 Å². The van der Waals surface area contributed by atoms with E-state index in [9.17, 15) is 4.79 Å². The summed E-state index contributed by atoms with van der Waals surface area (Å²) < 4.78 is 0.312. The summed E-state index contributed by atoms with van der Waals surface area (Å²) in [6.45, 7) is 8.59. The molecule has 1 atom stereocenters. The Hall–Kier alpha value is -0.960. The maximum absolute atomic E-state index is 12.6. The minimum atomic E-state index is 0. The number of nitrogens with one attached hydrogen (secondary N) is 2. The van der Waals surface area contributed by atoms with Crippen LogP contribution in [0, 0.1) is 0 Å². The van der Waals surface area contributed by atoms with E-state index in [0.717, 1.165) is 56.1 Å². The van der Waals surface area contributed by atoms with Crippen LogP contribution in [0.15, 0.2) is 29.3 Å². The van der Waals surface area contributed by atoms with Gasteiger partial charge < -0.3 is 15.5 Å². The Kier molecular flexibility index (Phi) is 10.1.